The number of phenols is 1. The Bertz CT molecular complexity index is 1170. The molecule has 4 N–H and O–H groups in total. The number of hydrogen-bond donors (Lipinski definition) is 4. The number of nitrogens with one attached hydrogen (secondary N) is 3. The summed E-state index contributed by atoms with van der Waals surface area (Å²) in [7, 11) is 5.12. The largest absolute Gasteiger partial charge is 0.507 e. The minimum atomic E-state index is 0.138. The van der Waals surface area contributed by atoms with Crippen LogP contribution in [0.1, 0.15) is 11.1 Å². The smallest absolute Gasteiger partial charge is 0.169 e. The molecule has 2 aromatic heterocycles. The van der Waals surface area contributed by atoms with Crippen molar-refractivity contribution in [3.8, 4) is 17.2 Å². The lowest BCUT2D eigenvalue weighted by molar-refractivity contribution is 0.376. The summed E-state index contributed by atoms with van der Waals surface area (Å²) in [5, 5.41) is 26.1. The van der Waals surface area contributed by atoms with E-state index in [2.05, 4.69) is 25.3 Å². The van der Waals surface area contributed by atoms with E-state index < -0.39 is 0 Å². The number of fused-ring (bicyclic) bond motifs is 1. The van der Waals surface area contributed by atoms with E-state index >= 15 is 0 Å². The average molecular weight is 441 g/mol. The van der Waals surface area contributed by atoms with Crippen LogP contribution in [0.4, 0.5) is 5.82 Å². The van der Waals surface area contributed by atoms with Crippen molar-refractivity contribution in [1.82, 2.24) is 25.3 Å². The Morgan fingerprint density at radius 3 is 2.65 bits per heavy atom. The predicted molar refractivity (Wildman–Crippen MR) is 121 cm³/mol. The first-order valence-corrected chi connectivity index (χ1v) is 10.4. The first kappa shape index (κ1) is 20.9. The summed E-state index contributed by atoms with van der Waals surface area (Å²) in [4.78, 5) is 0.788. The van der Waals surface area contributed by atoms with Crippen LogP contribution in [-0.4, -0.2) is 46.4 Å². The number of nitrogens with zero attached hydrogens (tertiary/aromatic N) is 3. The summed E-state index contributed by atoms with van der Waals surface area (Å²) in [5.41, 5.74) is 2.75. The van der Waals surface area contributed by atoms with Gasteiger partial charge in [-0.25, -0.2) is 0 Å². The second kappa shape index (κ2) is 9.19. The maximum Gasteiger partial charge on any atom is 0.169 e. The van der Waals surface area contributed by atoms with Gasteiger partial charge in [-0.05, 0) is 48.8 Å². The molecule has 10 heteroatoms. The molecule has 2 heterocycles. The van der Waals surface area contributed by atoms with E-state index in [1.165, 1.54) is 11.9 Å². The van der Waals surface area contributed by atoms with Crippen molar-refractivity contribution in [3.63, 3.8) is 0 Å². The number of methoxy groups -OCH3 is 2. The van der Waals surface area contributed by atoms with Gasteiger partial charge in [0.25, 0.3) is 0 Å². The summed E-state index contributed by atoms with van der Waals surface area (Å²) in [6.07, 6.45) is 3.81. The van der Waals surface area contributed by atoms with Gasteiger partial charge in [0.15, 0.2) is 5.82 Å². The van der Waals surface area contributed by atoms with E-state index in [9.17, 15) is 5.11 Å². The number of phenolic OH excluding ortho intramolecular Hbond substituents is 1. The number of aromatic nitrogens is 4. The lowest BCUT2D eigenvalue weighted by Gasteiger charge is -2.12. The van der Waals surface area contributed by atoms with Crippen LogP contribution in [0.25, 0.3) is 10.9 Å². The second-order valence-electron chi connectivity index (χ2n) is 6.88. The molecule has 0 aliphatic carbocycles. The van der Waals surface area contributed by atoms with Gasteiger partial charge < -0.3 is 24.6 Å². The third kappa shape index (κ3) is 4.39. The fraction of sp³-hybridized carbons (Fsp3) is 0.238. The molecule has 0 bridgehead atoms. The maximum atomic E-state index is 10.7. The molecule has 0 fully saturated rings. The van der Waals surface area contributed by atoms with Crippen molar-refractivity contribution in [1.29, 1.82) is 0 Å². The molecule has 2 aromatic carbocycles. The van der Waals surface area contributed by atoms with Gasteiger partial charge >= 0.3 is 0 Å². The molecule has 31 heavy (non-hydrogen) atoms. The molecule has 0 aliphatic heterocycles. The van der Waals surface area contributed by atoms with Gasteiger partial charge in [-0.15, -0.1) is 0 Å². The van der Waals surface area contributed by atoms with Gasteiger partial charge in [-0.3, -0.25) is 9.78 Å². The Hall–Kier alpha value is -3.37. The van der Waals surface area contributed by atoms with E-state index in [1.807, 2.05) is 48.4 Å². The Morgan fingerprint density at radius 1 is 1.16 bits per heavy atom. The van der Waals surface area contributed by atoms with Crippen molar-refractivity contribution < 1.29 is 14.6 Å². The molecule has 0 aliphatic rings. The molecule has 0 amide bonds. The topological polar surface area (TPSA) is 109 Å². The predicted octanol–water partition coefficient (Wildman–Crippen LogP) is 3.37. The monoisotopic (exact) mass is 440 g/mol. The van der Waals surface area contributed by atoms with Gasteiger partial charge in [-0.1, -0.05) is 6.07 Å². The van der Waals surface area contributed by atoms with E-state index in [4.69, 9.17) is 9.47 Å². The molecule has 0 radical (unpaired) electrons. The summed E-state index contributed by atoms with van der Waals surface area (Å²) in [6, 6.07) is 9.27. The molecule has 0 saturated heterocycles. The number of benzene rings is 2. The van der Waals surface area contributed by atoms with Crippen LogP contribution in [0.5, 0.6) is 17.2 Å². The molecule has 0 unspecified atom stereocenters. The zero-order chi connectivity index (χ0) is 21.8. The summed E-state index contributed by atoms with van der Waals surface area (Å²) in [6.45, 7) is 1.30. The highest BCUT2D eigenvalue weighted by atomic mass is 32.2. The Kier molecular flexibility index (Phi) is 6.19. The number of aromatic hydroxyl groups is 1. The Labute approximate surface area is 183 Å². The molecule has 0 spiro atoms. The standard InChI is InChI=1S/C21H24N6O3S/c1-22-9-14-10-23-27(12-14)11-13-7-15-19(16(28)8-13)21(25-24-15)26-31-20-17(29-2)5-4-6-18(20)30-3/h4-8,10,12,22,28H,9,11H2,1-3H3,(H2,24,25,26). The van der Waals surface area contributed by atoms with Gasteiger partial charge in [0.1, 0.15) is 22.1 Å². The number of rotatable bonds is 9. The van der Waals surface area contributed by atoms with E-state index in [0.717, 1.165) is 28.1 Å². The van der Waals surface area contributed by atoms with Crippen LogP contribution in [0.3, 0.4) is 0 Å². The molecular weight excluding hydrogens is 416 g/mol. The first-order chi connectivity index (χ1) is 15.1. The van der Waals surface area contributed by atoms with Crippen LogP contribution < -0.4 is 19.5 Å². The van der Waals surface area contributed by atoms with Crippen molar-refractivity contribution in [2.75, 3.05) is 26.0 Å². The van der Waals surface area contributed by atoms with Gasteiger partial charge in [0.2, 0.25) is 0 Å². The third-order valence-electron chi connectivity index (χ3n) is 4.75. The van der Waals surface area contributed by atoms with Gasteiger partial charge in [-0.2, -0.15) is 10.2 Å². The minimum Gasteiger partial charge on any atom is -0.507 e. The molecule has 9 nitrogen and oxygen atoms in total. The molecule has 4 aromatic rings. The summed E-state index contributed by atoms with van der Waals surface area (Å²) < 4.78 is 15.9. The normalized spacial score (nSPS) is 11.1. The molecule has 0 atom stereocenters. The van der Waals surface area contributed by atoms with Gasteiger partial charge in [0, 0.05) is 18.3 Å². The fourth-order valence-corrected chi connectivity index (χ4v) is 4.20. The van der Waals surface area contributed by atoms with Crippen molar-refractivity contribution in [2.45, 2.75) is 18.0 Å². The second-order valence-corrected chi connectivity index (χ2v) is 7.70. The SMILES string of the molecule is CNCc1cnn(Cc2cc(O)c3c(NSc4c(OC)cccc4OC)n[nH]c3c2)c1. The summed E-state index contributed by atoms with van der Waals surface area (Å²) >= 11 is 1.30. The molecule has 4 rings (SSSR count). The van der Waals surface area contributed by atoms with Crippen LogP contribution in [-0.2, 0) is 13.1 Å². The van der Waals surface area contributed by atoms with E-state index in [1.54, 1.807) is 20.3 Å². The van der Waals surface area contributed by atoms with Crippen molar-refractivity contribution >= 4 is 28.7 Å². The third-order valence-corrected chi connectivity index (χ3v) is 5.65. The summed E-state index contributed by atoms with van der Waals surface area (Å²) in [5.74, 6) is 2.02. The highest BCUT2D eigenvalue weighted by molar-refractivity contribution is 8.00. The zero-order valence-corrected chi connectivity index (χ0v) is 18.3. The van der Waals surface area contributed by atoms with Crippen molar-refractivity contribution in [2.24, 2.45) is 0 Å². The Balaban J connectivity index is 1.56. The number of H-pyrrole nitrogens is 1. The highest BCUT2D eigenvalue weighted by Gasteiger charge is 2.16. The van der Waals surface area contributed by atoms with E-state index in [-0.39, 0.29) is 5.75 Å². The zero-order valence-electron chi connectivity index (χ0n) is 17.5. The van der Waals surface area contributed by atoms with Crippen molar-refractivity contribution in [3.05, 3.63) is 53.9 Å². The molecule has 0 saturated carbocycles. The number of anilines is 1. The number of hydrogen-bond acceptors (Lipinski definition) is 8. The minimum absolute atomic E-state index is 0.138. The fourth-order valence-electron chi connectivity index (χ4n) is 3.35. The lowest BCUT2D eigenvalue weighted by atomic mass is 10.1. The van der Waals surface area contributed by atoms with Gasteiger partial charge in [0.05, 0.1) is 37.9 Å². The van der Waals surface area contributed by atoms with Crippen LogP contribution in [0, 0.1) is 0 Å². The lowest BCUT2D eigenvalue weighted by Crippen LogP contribution is -2.04. The Morgan fingerprint density at radius 2 is 1.94 bits per heavy atom. The maximum absolute atomic E-state index is 10.7. The number of aromatic amines is 1. The first-order valence-electron chi connectivity index (χ1n) is 9.62. The van der Waals surface area contributed by atoms with E-state index in [0.29, 0.717) is 29.2 Å². The number of ether oxygens (including phenoxy) is 2. The molecular formula is C21H24N6O3S. The molecule has 162 valence electrons. The van der Waals surface area contributed by atoms with Crippen LogP contribution in [0.2, 0.25) is 0 Å². The quantitative estimate of drug-likeness (QED) is 0.293. The van der Waals surface area contributed by atoms with Crippen LogP contribution >= 0.6 is 11.9 Å². The average Bonchev–Trinajstić information content (AvgIpc) is 3.39. The highest BCUT2D eigenvalue weighted by Crippen LogP contribution is 2.40. The van der Waals surface area contributed by atoms with Crippen LogP contribution in [0.15, 0.2) is 47.6 Å².